The molecule has 0 aliphatic heterocycles. The lowest BCUT2D eigenvalue weighted by Gasteiger charge is -2.12. The number of aryl methyl sites for hydroxylation is 2. The average molecular weight is 390 g/mol. The zero-order valence-electron chi connectivity index (χ0n) is 14.8. The van der Waals surface area contributed by atoms with Crippen LogP contribution in [-0.4, -0.2) is 25.0 Å². The van der Waals surface area contributed by atoms with Gasteiger partial charge in [0.05, 0.1) is 16.9 Å². The Labute approximate surface area is 158 Å². The lowest BCUT2D eigenvalue weighted by Crippen LogP contribution is -2.18. The normalized spacial score (nSPS) is 11.7. The molecule has 1 heterocycles. The first-order chi connectivity index (χ1) is 12.3. The van der Waals surface area contributed by atoms with Gasteiger partial charge in [0.25, 0.3) is 0 Å². The molecule has 0 spiro atoms. The molecule has 1 aromatic heterocycles. The van der Waals surface area contributed by atoms with Gasteiger partial charge >= 0.3 is 0 Å². The molecule has 136 valence electrons. The fourth-order valence-corrected chi connectivity index (χ4v) is 3.99. The minimum absolute atomic E-state index is 0.215. The predicted octanol–water partition coefficient (Wildman–Crippen LogP) is 3.55. The van der Waals surface area contributed by atoms with Crippen molar-refractivity contribution in [2.75, 3.05) is 7.05 Å². The first kappa shape index (κ1) is 18.6. The van der Waals surface area contributed by atoms with Crippen molar-refractivity contribution in [2.45, 2.75) is 18.2 Å². The first-order valence-electron chi connectivity index (χ1n) is 8.09. The van der Waals surface area contributed by atoms with Gasteiger partial charge in [-0.25, -0.2) is 18.1 Å². The zero-order valence-corrected chi connectivity index (χ0v) is 16.4. The van der Waals surface area contributed by atoms with Crippen LogP contribution in [0.15, 0.2) is 53.8 Å². The van der Waals surface area contributed by atoms with Gasteiger partial charge in [-0.15, -0.1) is 0 Å². The number of benzene rings is 2. The number of hydrogen-bond donors (Lipinski definition) is 1. The molecule has 26 heavy (non-hydrogen) atoms. The molecule has 0 bridgehead atoms. The molecule has 0 saturated heterocycles. The van der Waals surface area contributed by atoms with Gasteiger partial charge in [0.1, 0.15) is 0 Å². The highest BCUT2D eigenvalue weighted by atomic mass is 35.5. The van der Waals surface area contributed by atoms with Gasteiger partial charge < -0.3 is 4.57 Å². The first-order valence-corrected chi connectivity index (χ1v) is 9.95. The fourth-order valence-electron chi connectivity index (χ4n) is 2.92. The Balaban J connectivity index is 2.12. The molecule has 2 aromatic carbocycles. The summed E-state index contributed by atoms with van der Waals surface area (Å²) in [5, 5.41) is 0.689. The molecule has 0 radical (unpaired) electrons. The Hall–Kier alpha value is -2.15. The van der Waals surface area contributed by atoms with Crippen LogP contribution in [-0.2, 0) is 23.5 Å². The second-order valence-electron chi connectivity index (χ2n) is 6.26. The quantitative estimate of drug-likeness (QED) is 0.725. The third kappa shape index (κ3) is 3.98. The Morgan fingerprint density at radius 1 is 1.19 bits per heavy atom. The van der Waals surface area contributed by atoms with E-state index in [4.69, 9.17) is 11.6 Å². The summed E-state index contributed by atoms with van der Waals surface area (Å²) in [6.45, 7) is 2.00. The minimum Gasteiger partial charge on any atom is -0.340 e. The Kier molecular flexibility index (Phi) is 5.18. The molecule has 0 atom stereocenters. The van der Waals surface area contributed by atoms with E-state index >= 15 is 0 Å². The van der Waals surface area contributed by atoms with Crippen molar-refractivity contribution >= 4 is 21.6 Å². The van der Waals surface area contributed by atoms with Gasteiger partial charge in [0.2, 0.25) is 10.0 Å². The zero-order chi connectivity index (χ0) is 18.9. The second-order valence-corrected chi connectivity index (χ2v) is 8.59. The fraction of sp³-hybridized carbons (Fsp3) is 0.211. The van der Waals surface area contributed by atoms with Crippen LogP contribution >= 0.6 is 11.6 Å². The molecule has 5 nitrogen and oxygen atoms in total. The van der Waals surface area contributed by atoms with E-state index in [0.717, 1.165) is 27.9 Å². The van der Waals surface area contributed by atoms with Crippen molar-refractivity contribution in [3.05, 3.63) is 70.6 Å². The summed E-state index contributed by atoms with van der Waals surface area (Å²) in [6, 6.07) is 11.0. The smallest absolute Gasteiger partial charge is 0.240 e. The maximum absolute atomic E-state index is 12.2. The van der Waals surface area contributed by atoms with Crippen LogP contribution in [0.4, 0.5) is 0 Å². The Bertz CT molecular complexity index is 1040. The number of nitrogens with one attached hydrogen (secondary N) is 1. The van der Waals surface area contributed by atoms with E-state index in [1.54, 1.807) is 18.5 Å². The van der Waals surface area contributed by atoms with Crippen molar-refractivity contribution in [2.24, 2.45) is 7.05 Å². The molecule has 3 aromatic rings. The highest BCUT2D eigenvalue weighted by molar-refractivity contribution is 7.89. The molecule has 0 aliphatic carbocycles. The van der Waals surface area contributed by atoms with E-state index in [1.165, 1.54) is 7.05 Å². The van der Waals surface area contributed by atoms with Crippen molar-refractivity contribution in [3.63, 3.8) is 0 Å². The van der Waals surface area contributed by atoms with Crippen LogP contribution in [0.5, 0.6) is 0 Å². The summed E-state index contributed by atoms with van der Waals surface area (Å²) in [7, 11) is -0.250. The van der Waals surface area contributed by atoms with Crippen LogP contribution < -0.4 is 4.72 Å². The lowest BCUT2D eigenvalue weighted by atomic mass is 9.97. The average Bonchev–Trinajstić information content (AvgIpc) is 3.00. The van der Waals surface area contributed by atoms with Gasteiger partial charge in [-0.05, 0) is 61.3 Å². The van der Waals surface area contributed by atoms with Gasteiger partial charge in [-0.1, -0.05) is 23.7 Å². The third-order valence-corrected chi connectivity index (χ3v) is 5.77. The van der Waals surface area contributed by atoms with Crippen molar-refractivity contribution in [1.82, 2.24) is 14.3 Å². The highest BCUT2D eigenvalue weighted by Gasteiger charge is 2.16. The second kappa shape index (κ2) is 7.23. The molecule has 1 N–H and O–H groups in total. The predicted molar refractivity (Wildman–Crippen MR) is 104 cm³/mol. The number of aromatic nitrogens is 2. The molecule has 0 fully saturated rings. The maximum Gasteiger partial charge on any atom is 0.240 e. The summed E-state index contributed by atoms with van der Waals surface area (Å²) < 4.78 is 28.6. The molecule has 7 heteroatoms. The largest absolute Gasteiger partial charge is 0.340 e. The van der Waals surface area contributed by atoms with Crippen LogP contribution in [0.2, 0.25) is 5.02 Å². The van der Waals surface area contributed by atoms with Gasteiger partial charge in [-0.3, -0.25) is 0 Å². The lowest BCUT2D eigenvalue weighted by molar-refractivity contribution is 0.588. The Morgan fingerprint density at radius 2 is 1.96 bits per heavy atom. The summed E-state index contributed by atoms with van der Waals surface area (Å²) in [5.74, 6) is 0. The number of nitrogens with zero attached hydrogens (tertiary/aromatic N) is 2. The molecule has 0 saturated carbocycles. The molecule has 0 amide bonds. The third-order valence-electron chi connectivity index (χ3n) is 4.14. The van der Waals surface area contributed by atoms with Crippen molar-refractivity contribution in [3.8, 4) is 11.3 Å². The van der Waals surface area contributed by atoms with Gasteiger partial charge in [0, 0.05) is 23.8 Å². The van der Waals surface area contributed by atoms with Crippen molar-refractivity contribution < 1.29 is 8.42 Å². The summed E-state index contributed by atoms with van der Waals surface area (Å²) in [5.41, 5.74) is 4.66. The number of halogens is 1. The van der Waals surface area contributed by atoms with E-state index in [2.05, 4.69) is 15.8 Å². The van der Waals surface area contributed by atoms with Crippen LogP contribution in [0.1, 0.15) is 16.7 Å². The Morgan fingerprint density at radius 3 is 2.58 bits per heavy atom. The van der Waals surface area contributed by atoms with E-state index in [9.17, 15) is 8.42 Å². The number of hydrogen-bond acceptors (Lipinski definition) is 3. The topological polar surface area (TPSA) is 64.0 Å². The summed E-state index contributed by atoms with van der Waals surface area (Å²) >= 11 is 6.18. The monoisotopic (exact) mass is 389 g/mol. The number of sulfonamides is 1. The number of rotatable bonds is 5. The molecule has 0 unspecified atom stereocenters. The molecule has 0 aliphatic rings. The van der Waals surface area contributed by atoms with Crippen molar-refractivity contribution in [1.29, 1.82) is 0 Å². The summed E-state index contributed by atoms with van der Waals surface area (Å²) in [4.78, 5) is 4.61. The molecular weight excluding hydrogens is 370 g/mol. The van der Waals surface area contributed by atoms with Gasteiger partial charge in [0.15, 0.2) is 0 Å². The standard InChI is InChI=1S/C19H20ClN3O2S/c1-13-6-14(9-16(20)7-13)8-15-4-5-17(26(24,25)21-2)10-18(15)19-11-23(3)12-22-19/h4-7,9-12,21H,8H2,1-3H3. The molecule has 3 rings (SSSR count). The SMILES string of the molecule is CNS(=O)(=O)c1ccc(Cc2cc(C)cc(Cl)c2)c(-c2cn(C)cn2)c1. The summed E-state index contributed by atoms with van der Waals surface area (Å²) in [6.07, 6.45) is 4.20. The molecular formula is C19H20ClN3O2S. The van der Waals surface area contributed by atoms with Gasteiger partial charge in [-0.2, -0.15) is 0 Å². The van der Waals surface area contributed by atoms with E-state index in [1.807, 2.05) is 42.9 Å². The van der Waals surface area contributed by atoms with Crippen LogP contribution in [0.3, 0.4) is 0 Å². The maximum atomic E-state index is 12.2. The van der Waals surface area contributed by atoms with Crippen LogP contribution in [0, 0.1) is 6.92 Å². The van der Waals surface area contributed by atoms with E-state index in [0.29, 0.717) is 11.4 Å². The minimum atomic E-state index is -3.53. The number of imidazole rings is 1. The van der Waals surface area contributed by atoms with Crippen LogP contribution in [0.25, 0.3) is 11.3 Å². The van der Waals surface area contributed by atoms with E-state index in [-0.39, 0.29) is 4.90 Å². The highest BCUT2D eigenvalue weighted by Crippen LogP contribution is 2.28. The van der Waals surface area contributed by atoms with E-state index < -0.39 is 10.0 Å².